The summed E-state index contributed by atoms with van der Waals surface area (Å²) in [6.45, 7) is 11.7. The van der Waals surface area contributed by atoms with Crippen molar-refractivity contribution in [1.29, 1.82) is 0 Å². The standard InChI is InChI=1S/C19H33NO8/c1-18(2)24-11-13(26-18)14-15(16-17(25-14)28-19(3,4)27-16)23-10-12(21)9-20-5-7-22-8-6-20/h12-17,21H,5-11H2,1-4H3/t12?,13-,14-,15+,16-,17-/m1/s1. The second-order valence-corrected chi connectivity index (χ2v) is 8.80. The molecule has 0 aromatic rings. The topological polar surface area (TPSA) is 88.1 Å². The van der Waals surface area contributed by atoms with Crippen LogP contribution in [0.3, 0.4) is 0 Å². The molecule has 0 amide bonds. The fourth-order valence-electron chi connectivity index (χ4n) is 4.23. The molecule has 4 aliphatic heterocycles. The number of fused-ring (bicyclic) bond motifs is 1. The number of β-amino-alcohol motifs (C(OH)–C–C–N with tert-alkyl or cyclic N) is 1. The molecule has 0 aromatic carbocycles. The summed E-state index contributed by atoms with van der Waals surface area (Å²) in [5.74, 6) is -1.40. The van der Waals surface area contributed by atoms with Crippen LogP contribution >= 0.6 is 0 Å². The number of hydrogen-bond acceptors (Lipinski definition) is 9. The van der Waals surface area contributed by atoms with E-state index in [1.807, 2.05) is 27.7 Å². The van der Waals surface area contributed by atoms with Crippen molar-refractivity contribution in [2.24, 2.45) is 0 Å². The van der Waals surface area contributed by atoms with Crippen LogP contribution in [0.2, 0.25) is 0 Å². The summed E-state index contributed by atoms with van der Waals surface area (Å²) in [6, 6.07) is 0. The molecule has 6 atom stereocenters. The molecule has 9 nitrogen and oxygen atoms in total. The third-order valence-electron chi connectivity index (χ3n) is 5.48. The first-order valence-electron chi connectivity index (χ1n) is 10.2. The van der Waals surface area contributed by atoms with Crippen molar-refractivity contribution in [2.75, 3.05) is 46.1 Å². The Kier molecular flexibility index (Phi) is 6.01. The van der Waals surface area contributed by atoms with Crippen LogP contribution in [0.5, 0.6) is 0 Å². The van der Waals surface area contributed by atoms with Crippen LogP contribution in [-0.4, -0.2) is 104 Å². The highest BCUT2D eigenvalue weighted by Crippen LogP contribution is 2.41. The van der Waals surface area contributed by atoms with Gasteiger partial charge in [0.1, 0.15) is 24.4 Å². The molecule has 4 rings (SSSR count). The van der Waals surface area contributed by atoms with Crippen LogP contribution in [-0.2, 0) is 33.2 Å². The van der Waals surface area contributed by atoms with E-state index in [1.54, 1.807) is 0 Å². The molecule has 0 bridgehead atoms. The zero-order valence-corrected chi connectivity index (χ0v) is 17.2. The van der Waals surface area contributed by atoms with E-state index in [0.717, 1.165) is 13.1 Å². The van der Waals surface area contributed by atoms with Crippen LogP contribution in [0.25, 0.3) is 0 Å². The van der Waals surface area contributed by atoms with Gasteiger partial charge in [-0.3, -0.25) is 4.90 Å². The highest BCUT2D eigenvalue weighted by Gasteiger charge is 2.59. The van der Waals surface area contributed by atoms with Gasteiger partial charge in [0.15, 0.2) is 17.9 Å². The van der Waals surface area contributed by atoms with E-state index >= 15 is 0 Å². The van der Waals surface area contributed by atoms with Gasteiger partial charge < -0.3 is 38.3 Å². The third kappa shape index (κ3) is 4.69. The van der Waals surface area contributed by atoms with Gasteiger partial charge in [-0.1, -0.05) is 0 Å². The Morgan fingerprint density at radius 2 is 1.79 bits per heavy atom. The summed E-state index contributed by atoms with van der Waals surface area (Å²) in [6.07, 6.45) is -2.57. The van der Waals surface area contributed by atoms with Crippen LogP contribution in [0.1, 0.15) is 27.7 Å². The quantitative estimate of drug-likeness (QED) is 0.663. The molecule has 1 N–H and O–H groups in total. The first-order chi connectivity index (χ1) is 13.2. The molecule has 4 heterocycles. The first kappa shape index (κ1) is 20.9. The molecule has 9 heteroatoms. The van der Waals surface area contributed by atoms with Gasteiger partial charge in [-0.15, -0.1) is 0 Å². The molecule has 1 unspecified atom stereocenters. The summed E-state index contributed by atoms with van der Waals surface area (Å²) in [5.41, 5.74) is 0. The number of ether oxygens (including phenoxy) is 7. The maximum Gasteiger partial charge on any atom is 0.190 e. The van der Waals surface area contributed by atoms with E-state index in [1.165, 1.54) is 0 Å². The lowest BCUT2D eigenvalue weighted by atomic mass is 10.1. The monoisotopic (exact) mass is 403 g/mol. The molecule has 4 saturated heterocycles. The lowest BCUT2D eigenvalue weighted by molar-refractivity contribution is -0.237. The minimum Gasteiger partial charge on any atom is -0.389 e. The van der Waals surface area contributed by atoms with Crippen molar-refractivity contribution in [3.05, 3.63) is 0 Å². The minimum atomic E-state index is -0.735. The Bertz CT molecular complexity index is 538. The molecular formula is C19H33NO8. The van der Waals surface area contributed by atoms with E-state index in [-0.39, 0.29) is 24.9 Å². The van der Waals surface area contributed by atoms with E-state index in [2.05, 4.69) is 4.90 Å². The van der Waals surface area contributed by atoms with E-state index in [4.69, 9.17) is 33.2 Å². The minimum absolute atomic E-state index is 0.186. The summed E-state index contributed by atoms with van der Waals surface area (Å²) in [7, 11) is 0. The average molecular weight is 403 g/mol. The van der Waals surface area contributed by atoms with Crippen molar-refractivity contribution >= 4 is 0 Å². The summed E-state index contributed by atoms with van der Waals surface area (Å²) in [5, 5.41) is 10.5. The zero-order valence-electron chi connectivity index (χ0n) is 17.2. The summed E-state index contributed by atoms with van der Waals surface area (Å²) in [4.78, 5) is 2.18. The van der Waals surface area contributed by atoms with Crippen LogP contribution in [0, 0.1) is 0 Å². The Labute approximate surface area is 166 Å². The molecule has 0 aromatic heterocycles. The molecule has 0 spiro atoms. The van der Waals surface area contributed by atoms with Gasteiger partial charge in [-0.25, -0.2) is 0 Å². The van der Waals surface area contributed by atoms with Gasteiger partial charge in [0.05, 0.1) is 32.5 Å². The Morgan fingerprint density at radius 3 is 2.46 bits per heavy atom. The van der Waals surface area contributed by atoms with Crippen molar-refractivity contribution < 1.29 is 38.3 Å². The number of rotatable bonds is 6. The predicted molar refractivity (Wildman–Crippen MR) is 96.6 cm³/mol. The number of morpholine rings is 1. The van der Waals surface area contributed by atoms with E-state index in [9.17, 15) is 5.11 Å². The molecule has 0 saturated carbocycles. The fraction of sp³-hybridized carbons (Fsp3) is 1.00. The Balaban J connectivity index is 1.37. The lowest BCUT2D eigenvalue weighted by Crippen LogP contribution is -2.46. The fourth-order valence-corrected chi connectivity index (χ4v) is 4.23. The predicted octanol–water partition coefficient (Wildman–Crippen LogP) is 0.0926. The smallest absolute Gasteiger partial charge is 0.190 e. The van der Waals surface area contributed by atoms with Gasteiger partial charge in [0.25, 0.3) is 0 Å². The van der Waals surface area contributed by atoms with Crippen molar-refractivity contribution in [3.63, 3.8) is 0 Å². The van der Waals surface area contributed by atoms with E-state index in [0.29, 0.717) is 26.4 Å². The molecule has 4 fully saturated rings. The lowest BCUT2D eigenvalue weighted by Gasteiger charge is -2.31. The maximum absolute atomic E-state index is 10.5. The highest BCUT2D eigenvalue weighted by molar-refractivity contribution is 4.99. The second-order valence-electron chi connectivity index (χ2n) is 8.80. The van der Waals surface area contributed by atoms with Crippen LogP contribution in [0.15, 0.2) is 0 Å². The molecule has 28 heavy (non-hydrogen) atoms. The van der Waals surface area contributed by atoms with Gasteiger partial charge in [-0.2, -0.15) is 0 Å². The molecule has 0 aliphatic carbocycles. The number of aliphatic hydroxyl groups is 1. The van der Waals surface area contributed by atoms with E-state index < -0.39 is 30.1 Å². The van der Waals surface area contributed by atoms with Gasteiger partial charge in [-0.05, 0) is 27.7 Å². The Morgan fingerprint density at radius 1 is 1.04 bits per heavy atom. The zero-order chi connectivity index (χ0) is 19.9. The van der Waals surface area contributed by atoms with Gasteiger partial charge in [0, 0.05) is 19.6 Å². The molecular weight excluding hydrogens is 370 g/mol. The van der Waals surface area contributed by atoms with Crippen molar-refractivity contribution in [2.45, 2.75) is 76.1 Å². The van der Waals surface area contributed by atoms with Crippen molar-refractivity contribution in [3.8, 4) is 0 Å². The molecule has 162 valence electrons. The summed E-state index contributed by atoms with van der Waals surface area (Å²) >= 11 is 0. The van der Waals surface area contributed by atoms with Gasteiger partial charge >= 0.3 is 0 Å². The Hall–Kier alpha value is -0.360. The largest absolute Gasteiger partial charge is 0.389 e. The molecule has 0 radical (unpaired) electrons. The van der Waals surface area contributed by atoms with Crippen LogP contribution in [0.4, 0.5) is 0 Å². The molecule has 4 aliphatic rings. The maximum atomic E-state index is 10.5. The SMILES string of the molecule is CC1(C)O[C@H]2O[C@H]([C@H]3COC(C)(C)O3)[C@H](OCC(O)CN3CCOCC3)[C@H]2O1. The first-order valence-corrected chi connectivity index (χ1v) is 10.2. The number of aliphatic hydroxyl groups excluding tert-OH is 1. The van der Waals surface area contributed by atoms with Crippen LogP contribution < -0.4 is 0 Å². The number of hydrogen-bond donors (Lipinski definition) is 1. The third-order valence-corrected chi connectivity index (χ3v) is 5.48. The van der Waals surface area contributed by atoms with Crippen molar-refractivity contribution in [1.82, 2.24) is 4.90 Å². The highest BCUT2D eigenvalue weighted by atomic mass is 16.8. The number of nitrogens with zero attached hydrogens (tertiary/aromatic N) is 1. The van der Waals surface area contributed by atoms with Gasteiger partial charge in [0.2, 0.25) is 0 Å². The normalized spacial score (nSPS) is 41.2. The average Bonchev–Trinajstić information content (AvgIpc) is 3.23. The second kappa shape index (κ2) is 8.05. The summed E-state index contributed by atoms with van der Waals surface area (Å²) < 4.78 is 41.2.